The molecule has 30 heavy (non-hydrogen) atoms. The van der Waals surface area contributed by atoms with Gasteiger partial charge in [0.25, 0.3) is 0 Å². The highest BCUT2D eigenvalue weighted by Gasteiger charge is 2.75. The van der Waals surface area contributed by atoms with E-state index in [0.717, 1.165) is 0 Å². The van der Waals surface area contributed by atoms with Crippen LogP contribution in [0.4, 0.5) is 0 Å². The Hall–Kier alpha value is -1.93. The summed E-state index contributed by atoms with van der Waals surface area (Å²) in [6, 6.07) is -1.50. The first-order valence-electron chi connectivity index (χ1n) is 11.0. The molecule has 3 fully saturated rings. The van der Waals surface area contributed by atoms with Crippen molar-refractivity contribution in [3.63, 3.8) is 0 Å². The van der Waals surface area contributed by atoms with Gasteiger partial charge in [0.1, 0.15) is 11.6 Å². The number of aliphatic hydroxyl groups is 1. The Morgan fingerprint density at radius 3 is 2.67 bits per heavy atom. The van der Waals surface area contributed by atoms with Crippen molar-refractivity contribution in [1.82, 2.24) is 9.80 Å². The zero-order valence-electron chi connectivity index (χ0n) is 18.4. The minimum Gasteiger partial charge on any atom is -0.466 e. The molecule has 3 aliphatic heterocycles. The summed E-state index contributed by atoms with van der Waals surface area (Å²) in [4.78, 5) is 43.4. The van der Waals surface area contributed by atoms with E-state index < -0.39 is 41.6 Å². The second kappa shape index (κ2) is 8.67. The molecule has 1 spiro atoms. The van der Waals surface area contributed by atoms with Crippen molar-refractivity contribution in [2.75, 3.05) is 19.8 Å². The van der Waals surface area contributed by atoms with E-state index in [1.54, 1.807) is 17.9 Å². The number of ether oxygens (including phenoxy) is 2. The molecule has 1 N–H and O–H groups in total. The lowest BCUT2D eigenvalue weighted by Gasteiger charge is -2.40. The molecule has 0 aliphatic carbocycles. The number of rotatable bonds is 9. The lowest BCUT2D eigenvalue weighted by atomic mass is 9.70. The molecule has 0 aromatic carbocycles. The Morgan fingerprint density at radius 2 is 2.13 bits per heavy atom. The SMILES string of the molecule is C=CCN(C(=O)[C@H]1N([C@@H](CC)CO)C(=O)[C@@H]2[C@@H](C(=O)OCC)[C@H]3CC[C@]21O3)C(C)C. The van der Waals surface area contributed by atoms with Crippen LogP contribution in [0.25, 0.3) is 0 Å². The highest BCUT2D eigenvalue weighted by molar-refractivity contribution is 5.98. The molecular formula is C22H34N2O6. The molecule has 168 valence electrons. The van der Waals surface area contributed by atoms with Crippen LogP contribution in [0.1, 0.15) is 47.0 Å². The number of hydrogen-bond donors (Lipinski definition) is 1. The standard InChI is InChI=1S/C22H34N2O6/c1-6-11-23(13(4)5)20(27)18-22-10-9-15(30-22)16(21(28)29-8-3)17(22)19(26)24(18)14(7-2)12-25/h6,13-18,25H,1,7-12H2,2-5H3/t14-,15+,16-,17-,18+,22-/m0/s1. The molecule has 3 rings (SSSR count). The fourth-order valence-electron chi connectivity index (χ4n) is 5.54. The Morgan fingerprint density at radius 1 is 1.43 bits per heavy atom. The number of carbonyl (C=O) groups is 3. The fraction of sp³-hybridized carbons (Fsp3) is 0.773. The molecule has 3 heterocycles. The zero-order chi connectivity index (χ0) is 22.2. The van der Waals surface area contributed by atoms with Gasteiger partial charge in [-0.1, -0.05) is 13.0 Å². The van der Waals surface area contributed by atoms with Crippen LogP contribution >= 0.6 is 0 Å². The van der Waals surface area contributed by atoms with E-state index in [4.69, 9.17) is 9.47 Å². The summed E-state index contributed by atoms with van der Waals surface area (Å²) < 4.78 is 11.6. The van der Waals surface area contributed by atoms with Crippen molar-refractivity contribution >= 4 is 17.8 Å². The van der Waals surface area contributed by atoms with E-state index in [9.17, 15) is 19.5 Å². The molecule has 0 aromatic heterocycles. The van der Waals surface area contributed by atoms with Gasteiger partial charge in [-0.3, -0.25) is 14.4 Å². The number of carbonyl (C=O) groups excluding carboxylic acids is 3. The lowest BCUT2D eigenvalue weighted by Crippen LogP contribution is -2.59. The molecule has 8 heteroatoms. The topological polar surface area (TPSA) is 96.4 Å². The molecule has 2 bridgehead atoms. The predicted octanol–water partition coefficient (Wildman–Crippen LogP) is 1.12. The van der Waals surface area contributed by atoms with Crippen LogP contribution < -0.4 is 0 Å². The smallest absolute Gasteiger partial charge is 0.312 e. The lowest BCUT2D eigenvalue weighted by molar-refractivity contribution is -0.156. The summed E-state index contributed by atoms with van der Waals surface area (Å²) in [5.41, 5.74) is -1.06. The van der Waals surface area contributed by atoms with Gasteiger partial charge >= 0.3 is 5.97 Å². The minimum atomic E-state index is -1.06. The van der Waals surface area contributed by atoms with Crippen LogP contribution in [0, 0.1) is 11.8 Å². The van der Waals surface area contributed by atoms with E-state index in [0.29, 0.717) is 25.8 Å². The van der Waals surface area contributed by atoms with E-state index in [2.05, 4.69) is 6.58 Å². The average molecular weight is 423 g/mol. The molecule has 3 saturated heterocycles. The maximum atomic E-state index is 13.8. The summed E-state index contributed by atoms with van der Waals surface area (Å²) in [7, 11) is 0. The van der Waals surface area contributed by atoms with Gasteiger partial charge in [0.2, 0.25) is 11.8 Å². The van der Waals surface area contributed by atoms with Crippen LogP contribution in [0.5, 0.6) is 0 Å². The molecule has 0 saturated carbocycles. The van der Waals surface area contributed by atoms with Crippen molar-refractivity contribution in [3.05, 3.63) is 12.7 Å². The van der Waals surface area contributed by atoms with E-state index in [1.807, 2.05) is 20.8 Å². The molecule has 2 amide bonds. The number of aliphatic hydroxyl groups excluding tert-OH is 1. The number of likely N-dealkylation sites (tertiary alicyclic amines) is 1. The monoisotopic (exact) mass is 422 g/mol. The Bertz CT molecular complexity index is 706. The van der Waals surface area contributed by atoms with Gasteiger partial charge in [-0.05, 0) is 40.0 Å². The third-order valence-corrected chi connectivity index (χ3v) is 6.84. The zero-order valence-corrected chi connectivity index (χ0v) is 18.4. The van der Waals surface area contributed by atoms with Gasteiger partial charge in [-0.2, -0.15) is 0 Å². The highest BCUT2D eigenvalue weighted by atomic mass is 16.6. The van der Waals surface area contributed by atoms with Crippen LogP contribution in [0.3, 0.4) is 0 Å². The summed E-state index contributed by atoms with van der Waals surface area (Å²) >= 11 is 0. The van der Waals surface area contributed by atoms with E-state index >= 15 is 0 Å². The number of esters is 1. The quantitative estimate of drug-likeness (QED) is 0.442. The van der Waals surface area contributed by atoms with Gasteiger partial charge in [0, 0.05) is 12.6 Å². The van der Waals surface area contributed by atoms with Crippen LogP contribution in [-0.4, -0.2) is 82.3 Å². The number of hydrogen-bond acceptors (Lipinski definition) is 6. The van der Waals surface area contributed by atoms with Gasteiger partial charge in [0.05, 0.1) is 37.2 Å². The molecular weight excluding hydrogens is 388 g/mol. The Labute approximate surface area is 178 Å². The third kappa shape index (κ3) is 3.24. The predicted molar refractivity (Wildman–Crippen MR) is 109 cm³/mol. The van der Waals surface area contributed by atoms with Crippen molar-refractivity contribution in [3.8, 4) is 0 Å². The Kier molecular flexibility index (Phi) is 6.57. The van der Waals surface area contributed by atoms with Crippen LogP contribution in [0.15, 0.2) is 12.7 Å². The summed E-state index contributed by atoms with van der Waals surface area (Å²) in [5.74, 6) is -2.44. The third-order valence-electron chi connectivity index (χ3n) is 6.84. The molecule has 0 radical (unpaired) electrons. The molecule has 6 atom stereocenters. The second-order valence-corrected chi connectivity index (χ2v) is 8.67. The van der Waals surface area contributed by atoms with Crippen LogP contribution in [0.2, 0.25) is 0 Å². The first-order valence-corrected chi connectivity index (χ1v) is 11.0. The van der Waals surface area contributed by atoms with Gasteiger partial charge in [0.15, 0.2) is 0 Å². The maximum absolute atomic E-state index is 13.8. The molecule has 0 unspecified atom stereocenters. The summed E-state index contributed by atoms with van der Waals surface area (Å²) in [6.45, 7) is 11.5. The molecule has 0 aromatic rings. The second-order valence-electron chi connectivity index (χ2n) is 8.67. The average Bonchev–Trinajstić information content (AvgIpc) is 3.34. The largest absolute Gasteiger partial charge is 0.466 e. The van der Waals surface area contributed by atoms with E-state index in [-0.39, 0.29) is 31.1 Å². The minimum absolute atomic E-state index is 0.100. The van der Waals surface area contributed by atoms with Crippen molar-refractivity contribution < 1.29 is 29.0 Å². The first kappa shape index (κ1) is 22.7. The van der Waals surface area contributed by atoms with E-state index in [1.165, 1.54) is 4.90 Å². The summed E-state index contributed by atoms with van der Waals surface area (Å²) in [6.07, 6.45) is 2.86. The highest BCUT2D eigenvalue weighted by Crippen LogP contribution is 2.59. The van der Waals surface area contributed by atoms with Crippen molar-refractivity contribution in [2.24, 2.45) is 11.8 Å². The van der Waals surface area contributed by atoms with Crippen LogP contribution in [-0.2, 0) is 23.9 Å². The number of amides is 2. The first-order chi connectivity index (χ1) is 14.3. The normalized spacial score (nSPS) is 33.0. The number of nitrogens with zero attached hydrogens (tertiary/aromatic N) is 2. The molecule has 3 aliphatic rings. The molecule has 8 nitrogen and oxygen atoms in total. The van der Waals surface area contributed by atoms with Crippen molar-refractivity contribution in [1.29, 1.82) is 0 Å². The van der Waals surface area contributed by atoms with Gasteiger partial charge < -0.3 is 24.4 Å². The van der Waals surface area contributed by atoms with Crippen molar-refractivity contribution in [2.45, 2.75) is 76.8 Å². The van der Waals surface area contributed by atoms with Gasteiger partial charge in [-0.25, -0.2) is 0 Å². The summed E-state index contributed by atoms with van der Waals surface area (Å²) in [5, 5.41) is 9.98. The fourth-order valence-corrected chi connectivity index (χ4v) is 5.54. The van der Waals surface area contributed by atoms with Gasteiger partial charge in [-0.15, -0.1) is 6.58 Å². The maximum Gasteiger partial charge on any atom is 0.312 e. The number of fused-ring (bicyclic) bond motifs is 1. The Balaban J connectivity index is 2.08.